The van der Waals surface area contributed by atoms with Crippen molar-refractivity contribution in [1.29, 1.82) is 0 Å². The molecule has 0 radical (unpaired) electrons. The molecule has 34 heavy (non-hydrogen) atoms. The van der Waals surface area contributed by atoms with E-state index < -0.39 is 6.36 Å². The van der Waals surface area contributed by atoms with Gasteiger partial charge >= 0.3 is 6.36 Å². The first-order chi connectivity index (χ1) is 16.3. The Hall–Kier alpha value is -4.27. The van der Waals surface area contributed by atoms with E-state index in [1.807, 2.05) is 18.2 Å². The number of hydrogen-bond acceptors (Lipinski definition) is 4. The molecule has 5 rings (SSSR count). The van der Waals surface area contributed by atoms with Gasteiger partial charge in [-0.15, -0.1) is 13.2 Å². The van der Waals surface area contributed by atoms with Crippen LogP contribution in [0.2, 0.25) is 0 Å². The van der Waals surface area contributed by atoms with Crippen LogP contribution in [0.15, 0.2) is 65.2 Å². The lowest BCUT2D eigenvalue weighted by Crippen LogP contribution is -2.31. The van der Waals surface area contributed by atoms with E-state index in [0.717, 1.165) is 23.4 Å². The first-order valence-corrected chi connectivity index (χ1v) is 10.4. The zero-order chi connectivity index (χ0) is 23.7. The molecule has 1 aliphatic heterocycles. The number of ether oxygens (including phenoxy) is 1. The second-order valence-corrected chi connectivity index (χ2v) is 7.66. The third kappa shape index (κ3) is 4.73. The van der Waals surface area contributed by atoms with Crippen molar-refractivity contribution in [2.75, 3.05) is 6.54 Å². The Kier molecular flexibility index (Phi) is 5.45. The number of aromatic amines is 1. The molecule has 172 valence electrons. The molecular weight excluding hydrogens is 447 g/mol. The molecule has 9 heteroatoms. The molecule has 1 aromatic carbocycles. The highest BCUT2D eigenvalue weighted by Crippen LogP contribution is 2.30. The van der Waals surface area contributed by atoms with Gasteiger partial charge in [-0.25, -0.2) is 0 Å². The Balaban J connectivity index is 1.33. The summed E-state index contributed by atoms with van der Waals surface area (Å²) in [5.74, 6) is 0.519. The molecule has 6 nitrogen and oxygen atoms in total. The van der Waals surface area contributed by atoms with Crippen LogP contribution in [0.1, 0.15) is 27.5 Å². The van der Waals surface area contributed by atoms with Crippen LogP contribution < -0.4 is 10.1 Å². The van der Waals surface area contributed by atoms with Gasteiger partial charge in [0.15, 0.2) is 0 Å². The lowest BCUT2D eigenvalue weighted by molar-refractivity contribution is -0.274. The largest absolute Gasteiger partial charge is 0.573 e. The van der Waals surface area contributed by atoms with E-state index >= 15 is 0 Å². The van der Waals surface area contributed by atoms with Crippen LogP contribution in [0.4, 0.5) is 13.2 Å². The van der Waals surface area contributed by atoms with E-state index in [9.17, 15) is 18.0 Å². The zero-order valence-corrected chi connectivity index (χ0v) is 17.6. The van der Waals surface area contributed by atoms with Crippen molar-refractivity contribution >= 4 is 18.1 Å². The van der Waals surface area contributed by atoms with Crippen molar-refractivity contribution in [3.8, 4) is 28.3 Å². The summed E-state index contributed by atoms with van der Waals surface area (Å²) in [5.41, 5.74) is 4.43. The van der Waals surface area contributed by atoms with E-state index in [0.29, 0.717) is 34.9 Å². The Bertz CT molecular complexity index is 1390. The number of H-pyrrole nitrogens is 1. The van der Waals surface area contributed by atoms with Crippen LogP contribution in [0, 0.1) is 0 Å². The quantitative estimate of drug-likeness (QED) is 0.397. The number of carbonyl (C=O) groups excluding carboxylic acids is 1. The van der Waals surface area contributed by atoms with Crippen LogP contribution in [0.5, 0.6) is 5.75 Å². The molecule has 1 aliphatic rings. The molecule has 0 aliphatic carbocycles. The van der Waals surface area contributed by atoms with Crippen LogP contribution in [0.3, 0.4) is 0 Å². The standard InChI is InChI=1S/C25H18F3N3O3/c26-25(27,28)34-19-3-1-2-16(13-19)23-7-6-18(33-23)5-4-17-12-15(8-10-29-17)22-14-20-21(31-22)9-11-30-24(20)32/h1-8,10,12-14,31H,9,11H2,(H,30,32)/b5-4+. The maximum Gasteiger partial charge on any atom is 0.573 e. The summed E-state index contributed by atoms with van der Waals surface area (Å²) < 4.78 is 47.1. The fourth-order valence-electron chi connectivity index (χ4n) is 3.77. The summed E-state index contributed by atoms with van der Waals surface area (Å²) in [6.07, 6.45) is 1.16. The van der Waals surface area contributed by atoms with Crippen molar-refractivity contribution < 1.29 is 27.1 Å². The Morgan fingerprint density at radius 3 is 2.74 bits per heavy atom. The maximum atomic E-state index is 12.5. The monoisotopic (exact) mass is 465 g/mol. The van der Waals surface area contributed by atoms with E-state index in [1.165, 1.54) is 18.2 Å². The second-order valence-electron chi connectivity index (χ2n) is 7.66. The molecule has 2 N–H and O–H groups in total. The van der Waals surface area contributed by atoms with Gasteiger partial charge in [0.1, 0.15) is 17.3 Å². The highest BCUT2D eigenvalue weighted by atomic mass is 19.4. The molecule has 0 saturated carbocycles. The number of benzene rings is 1. The minimum absolute atomic E-state index is 0.0814. The summed E-state index contributed by atoms with van der Waals surface area (Å²) in [7, 11) is 0. The summed E-state index contributed by atoms with van der Waals surface area (Å²) >= 11 is 0. The maximum absolute atomic E-state index is 12.5. The van der Waals surface area contributed by atoms with Gasteiger partial charge in [0.25, 0.3) is 5.91 Å². The fraction of sp³-hybridized carbons (Fsp3) is 0.120. The normalized spacial score (nSPS) is 13.7. The first kappa shape index (κ1) is 21.6. The van der Waals surface area contributed by atoms with Crippen LogP contribution in [-0.2, 0) is 6.42 Å². The highest BCUT2D eigenvalue weighted by molar-refractivity contribution is 5.97. The van der Waals surface area contributed by atoms with Crippen molar-refractivity contribution in [3.05, 3.63) is 83.5 Å². The molecule has 4 aromatic rings. The van der Waals surface area contributed by atoms with Gasteiger partial charge in [-0.2, -0.15) is 0 Å². The average molecular weight is 465 g/mol. The average Bonchev–Trinajstić information content (AvgIpc) is 3.45. The van der Waals surface area contributed by atoms with Crippen LogP contribution >= 0.6 is 0 Å². The van der Waals surface area contributed by atoms with Crippen molar-refractivity contribution in [3.63, 3.8) is 0 Å². The van der Waals surface area contributed by atoms with Crippen LogP contribution in [0.25, 0.3) is 34.7 Å². The fourth-order valence-corrected chi connectivity index (χ4v) is 3.77. The predicted octanol–water partition coefficient (Wildman–Crippen LogP) is 5.69. The third-order valence-electron chi connectivity index (χ3n) is 5.29. The van der Waals surface area contributed by atoms with E-state index in [1.54, 1.807) is 36.5 Å². The first-order valence-electron chi connectivity index (χ1n) is 10.4. The Morgan fingerprint density at radius 2 is 1.91 bits per heavy atom. The Labute approximate surface area is 192 Å². The number of amides is 1. The molecule has 0 saturated heterocycles. The molecule has 0 fully saturated rings. The molecule has 4 heterocycles. The zero-order valence-electron chi connectivity index (χ0n) is 17.6. The minimum atomic E-state index is -4.76. The SMILES string of the molecule is O=C1NCCc2[nH]c(-c3ccnc(/C=C/c4ccc(-c5cccc(OC(F)(F)F)c5)o4)c3)cc21. The number of aromatic nitrogens is 2. The predicted molar refractivity (Wildman–Crippen MR) is 120 cm³/mol. The van der Waals surface area contributed by atoms with Gasteiger partial charge in [-0.3, -0.25) is 9.78 Å². The molecule has 0 unspecified atom stereocenters. The van der Waals surface area contributed by atoms with Gasteiger partial charge in [-0.05, 0) is 54.6 Å². The second kappa shape index (κ2) is 8.58. The van der Waals surface area contributed by atoms with Gasteiger partial charge in [-0.1, -0.05) is 12.1 Å². The highest BCUT2D eigenvalue weighted by Gasteiger charge is 2.31. The van der Waals surface area contributed by atoms with E-state index in [4.69, 9.17) is 4.42 Å². The van der Waals surface area contributed by atoms with Gasteiger partial charge in [0.05, 0.1) is 11.3 Å². The number of furan rings is 1. The molecule has 0 bridgehead atoms. The third-order valence-corrected chi connectivity index (χ3v) is 5.29. The van der Waals surface area contributed by atoms with Gasteiger partial charge in [0.2, 0.25) is 0 Å². The van der Waals surface area contributed by atoms with E-state index in [2.05, 4.69) is 20.0 Å². The number of nitrogens with one attached hydrogen (secondary N) is 2. The lowest BCUT2D eigenvalue weighted by Gasteiger charge is -2.10. The summed E-state index contributed by atoms with van der Waals surface area (Å²) in [5, 5.41) is 2.83. The number of alkyl halides is 3. The number of fused-ring (bicyclic) bond motifs is 1. The lowest BCUT2D eigenvalue weighted by atomic mass is 10.1. The molecule has 0 atom stereocenters. The number of nitrogens with zero attached hydrogens (tertiary/aromatic N) is 1. The smallest absolute Gasteiger partial charge is 0.457 e. The number of carbonyl (C=O) groups is 1. The van der Waals surface area contributed by atoms with Crippen molar-refractivity contribution in [2.45, 2.75) is 12.8 Å². The Morgan fingerprint density at radius 1 is 1.03 bits per heavy atom. The van der Waals surface area contributed by atoms with Gasteiger partial charge in [0, 0.05) is 41.7 Å². The molecule has 0 spiro atoms. The van der Waals surface area contributed by atoms with Crippen molar-refractivity contribution in [1.82, 2.24) is 15.3 Å². The number of halogens is 3. The topological polar surface area (TPSA) is 80.2 Å². The van der Waals surface area contributed by atoms with Gasteiger partial charge < -0.3 is 19.5 Å². The summed E-state index contributed by atoms with van der Waals surface area (Å²) in [6, 6.07) is 14.6. The number of pyridine rings is 1. The number of rotatable bonds is 5. The van der Waals surface area contributed by atoms with Crippen LogP contribution in [-0.4, -0.2) is 28.8 Å². The molecule has 1 amide bonds. The summed E-state index contributed by atoms with van der Waals surface area (Å²) in [4.78, 5) is 19.7. The van der Waals surface area contributed by atoms with E-state index in [-0.39, 0.29) is 11.7 Å². The van der Waals surface area contributed by atoms with Crippen molar-refractivity contribution in [2.24, 2.45) is 0 Å². The molecule has 3 aromatic heterocycles. The molecular formula is C25H18F3N3O3. The number of hydrogen-bond donors (Lipinski definition) is 2. The summed E-state index contributed by atoms with van der Waals surface area (Å²) in [6.45, 7) is 0.612. The minimum Gasteiger partial charge on any atom is -0.457 e.